The number of carbonyl (C=O) groups is 5. The number of ether oxygens (including phenoxy) is 7. The van der Waals surface area contributed by atoms with E-state index in [1.54, 1.807) is 13.2 Å². The predicted molar refractivity (Wildman–Crippen MR) is 180 cm³/mol. The van der Waals surface area contributed by atoms with Gasteiger partial charge in [-0.1, -0.05) is 38.2 Å². The fourth-order valence-electron chi connectivity index (χ4n) is 5.60. The molecule has 0 spiro atoms. The van der Waals surface area contributed by atoms with Gasteiger partial charge in [0, 0.05) is 37.8 Å². The normalized spacial score (nSPS) is 13.9. The Balaban J connectivity index is 1.96. The maximum absolute atomic E-state index is 12.9. The maximum atomic E-state index is 12.9. The van der Waals surface area contributed by atoms with Gasteiger partial charge >= 0.3 is 29.8 Å². The molecule has 0 saturated carbocycles. The van der Waals surface area contributed by atoms with Gasteiger partial charge in [-0.15, -0.1) is 0 Å². The fourth-order valence-corrected chi connectivity index (χ4v) is 5.60. The van der Waals surface area contributed by atoms with E-state index in [0.29, 0.717) is 36.3 Å². The van der Waals surface area contributed by atoms with Crippen molar-refractivity contribution in [2.45, 2.75) is 106 Å². The minimum Gasteiger partial charge on any atom is -0.496 e. The molecule has 2 atom stereocenters. The summed E-state index contributed by atoms with van der Waals surface area (Å²) in [6.45, 7) is 17.5. The summed E-state index contributed by atoms with van der Waals surface area (Å²) in [4.78, 5) is 60.5. The highest BCUT2D eigenvalue weighted by atomic mass is 16.6. The van der Waals surface area contributed by atoms with E-state index in [4.69, 9.17) is 33.2 Å². The van der Waals surface area contributed by atoms with Crippen molar-refractivity contribution in [3.8, 4) is 11.5 Å². The molecular formula is C37H52O12. The van der Waals surface area contributed by atoms with Crippen molar-refractivity contribution in [2.75, 3.05) is 26.9 Å². The van der Waals surface area contributed by atoms with Gasteiger partial charge in [0.1, 0.15) is 49.1 Å². The minimum atomic E-state index is -0.913. The summed E-state index contributed by atoms with van der Waals surface area (Å²) < 4.78 is 38.1. The molecule has 0 aromatic heterocycles. The van der Waals surface area contributed by atoms with Crippen LogP contribution in [0, 0.1) is 18.8 Å². The third-order valence-corrected chi connectivity index (χ3v) is 8.26. The first-order valence-corrected chi connectivity index (χ1v) is 16.5. The molecule has 2 rings (SSSR count). The summed E-state index contributed by atoms with van der Waals surface area (Å²) in [7, 11) is 1.58. The topological polar surface area (TPSA) is 150 Å². The summed E-state index contributed by atoms with van der Waals surface area (Å²) in [5.74, 6) is -1.48. The second-order valence-corrected chi connectivity index (χ2v) is 13.1. The highest BCUT2D eigenvalue weighted by molar-refractivity contribution is 5.98. The van der Waals surface area contributed by atoms with Crippen LogP contribution in [0.15, 0.2) is 24.3 Å². The second kappa shape index (κ2) is 19.0. The molecule has 272 valence electrons. The first-order chi connectivity index (χ1) is 23.0. The summed E-state index contributed by atoms with van der Waals surface area (Å²) in [5.41, 5.74) is 2.87. The van der Waals surface area contributed by atoms with Gasteiger partial charge in [0.05, 0.1) is 7.11 Å². The number of hydrogen-bond donors (Lipinski definition) is 0. The smallest absolute Gasteiger partial charge is 0.342 e. The monoisotopic (exact) mass is 688 g/mol. The molecule has 1 heterocycles. The van der Waals surface area contributed by atoms with Crippen molar-refractivity contribution in [2.24, 2.45) is 11.8 Å². The minimum absolute atomic E-state index is 0.0158. The summed E-state index contributed by atoms with van der Waals surface area (Å²) in [6.07, 6.45) is 4.29. The van der Waals surface area contributed by atoms with Gasteiger partial charge in [0.25, 0.3) is 0 Å². The Hall–Kier alpha value is -4.35. The molecule has 12 heteroatoms. The molecule has 0 bridgehead atoms. The Morgan fingerprint density at radius 2 is 1.59 bits per heavy atom. The molecule has 0 aliphatic carbocycles. The zero-order chi connectivity index (χ0) is 36.9. The number of allylic oxidation sites excluding steroid dienone is 2. The molecule has 49 heavy (non-hydrogen) atoms. The Labute approximate surface area is 289 Å². The molecule has 2 unspecified atom stereocenters. The predicted octanol–water partition coefficient (Wildman–Crippen LogP) is 5.92. The van der Waals surface area contributed by atoms with Gasteiger partial charge < -0.3 is 33.2 Å². The highest BCUT2D eigenvalue weighted by Gasteiger charge is 2.33. The molecule has 0 radical (unpaired) electrons. The quantitative estimate of drug-likeness (QED) is 0.0909. The van der Waals surface area contributed by atoms with Crippen LogP contribution in [0.2, 0.25) is 0 Å². The number of cyclic esters (lactones) is 1. The number of benzene rings is 1. The summed E-state index contributed by atoms with van der Waals surface area (Å²) >= 11 is 0. The van der Waals surface area contributed by atoms with Gasteiger partial charge in [-0.25, -0.2) is 4.79 Å². The SMILES string of the molecule is C=CCOc1c(C/C=C(\C)CCC(=O)OC(C)(C)CC(C)C(C)CC(=O)OC(COC(C)=O)COC(C)=O)c(OC)c(C)c2c1C(=O)OC2. The van der Waals surface area contributed by atoms with E-state index in [1.807, 2.05) is 47.6 Å². The Morgan fingerprint density at radius 3 is 2.16 bits per heavy atom. The lowest BCUT2D eigenvalue weighted by Crippen LogP contribution is -2.33. The van der Waals surface area contributed by atoms with Crippen molar-refractivity contribution in [1.29, 1.82) is 0 Å². The molecule has 12 nitrogen and oxygen atoms in total. The largest absolute Gasteiger partial charge is 0.496 e. The molecule has 1 aliphatic rings. The molecule has 1 aromatic rings. The Bertz CT molecular complexity index is 1390. The van der Waals surface area contributed by atoms with Crippen LogP contribution >= 0.6 is 0 Å². The van der Waals surface area contributed by atoms with Crippen LogP contribution in [0.1, 0.15) is 101 Å². The molecule has 0 amide bonds. The van der Waals surface area contributed by atoms with E-state index < -0.39 is 35.6 Å². The number of rotatable bonds is 20. The Morgan fingerprint density at radius 1 is 0.959 bits per heavy atom. The number of esters is 5. The van der Waals surface area contributed by atoms with Crippen LogP contribution in [-0.2, 0) is 55.9 Å². The van der Waals surface area contributed by atoms with E-state index in [-0.39, 0.29) is 57.1 Å². The van der Waals surface area contributed by atoms with Gasteiger partial charge in [-0.05, 0) is 64.4 Å². The fraction of sp³-hybridized carbons (Fsp3) is 0.595. The number of methoxy groups -OCH3 is 1. The van der Waals surface area contributed by atoms with Crippen LogP contribution in [0.5, 0.6) is 11.5 Å². The van der Waals surface area contributed by atoms with Crippen molar-refractivity contribution in [1.82, 2.24) is 0 Å². The first kappa shape index (κ1) is 40.8. The van der Waals surface area contributed by atoms with Crippen molar-refractivity contribution >= 4 is 29.8 Å². The average molecular weight is 689 g/mol. The molecule has 1 aromatic carbocycles. The standard InChI is InChI=1S/C37H52O12/c1-11-16-44-35-29(34(43-10)25(5)30-21-47-36(42)33(30)35)14-12-22(2)13-15-31(40)49-37(8,9)18-24(4)23(3)17-32(41)48-28(19-45-26(6)38)20-46-27(7)39/h11-12,23-24,28H,1,13-21H2,2-10H3/b22-12+. The van der Waals surface area contributed by atoms with Crippen molar-refractivity contribution in [3.63, 3.8) is 0 Å². The van der Waals surface area contributed by atoms with Crippen LogP contribution in [0.3, 0.4) is 0 Å². The lowest BCUT2D eigenvalue weighted by atomic mass is 9.84. The van der Waals surface area contributed by atoms with E-state index in [1.165, 1.54) is 13.8 Å². The lowest BCUT2D eigenvalue weighted by molar-refractivity contribution is -0.166. The van der Waals surface area contributed by atoms with Crippen LogP contribution in [0.25, 0.3) is 0 Å². The van der Waals surface area contributed by atoms with E-state index in [0.717, 1.165) is 22.3 Å². The van der Waals surface area contributed by atoms with Gasteiger partial charge in [0.2, 0.25) is 0 Å². The number of fused-ring (bicyclic) bond motifs is 1. The van der Waals surface area contributed by atoms with E-state index in [2.05, 4.69) is 6.58 Å². The average Bonchev–Trinajstić information content (AvgIpc) is 3.40. The van der Waals surface area contributed by atoms with Gasteiger partial charge in [0.15, 0.2) is 6.10 Å². The maximum Gasteiger partial charge on any atom is 0.342 e. The van der Waals surface area contributed by atoms with Crippen LogP contribution < -0.4 is 9.47 Å². The summed E-state index contributed by atoms with van der Waals surface area (Å²) in [5, 5.41) is 0. The third-order valence-electron chi connectivity index (χ3n) is 8.26. The molecule has 0 saturated heterocycles. The Kier molecular flexibility index (Phi) is 15.8. The zero-order valence-corrected chi connectivity index (χ0v) is 30.4. The van der Waals surface area contributed by atoms with Crippen LogP contribution in [0.4, 0.5) is 0 Å². The van der Waals surface area contributed by atoms with Crippen molar-refractivity contribution in [3.05, 3.63) is 46.6 Å². The van der Waals surface area contributed by atoms with Crippen LogP contribution in [-0.4, -0.2) is 68.5 Å². The van der Waals surface area contributed by atoms with E-state index in [9.17, 15) is 24.0 Å². The number of carbonyl (C=O) groups excluding carboxylic acids is 5. The third kappa shape index (κ3) is 12.9. The first-order valence-electron chi connectivity index (χ1n) is 16.5. The molecule has 0 N–H and O–H groups in total. The molecular weight excluding hydrogens is 636 g/mol. The van der Waals surface area contributed by atoms with Gasteiger partial charge in [-0.3, -0.25) is 19.2 Å². The second-order valence-electron chi connectivity index (χ2n) is 13.1. The molecule has 1 aliphatic heterocycles. The lowest BCUT2D eigenvalue weighted by Gasteiger charge is -2.31. The summed E-state index contributed by atoms with van der Waals surface area (Å²) in [6, 6.07) is 0. The van der Waals surface area contributed by atoms with Gasteiger partial charge in [-0.2, -0.15) is 0 Å². The zero-order valence-electron chi connectivity index (χ0n) is 30.4. The number of hydrogen-bond acceptors (Lipinski definition) is 12. The van der Waals surface area contributed by atoms with E-state index >= 15 is 0 Å². The highest BCUT2D eigenvalue weighted by Crippen LogP contribution is 2.43. The van der Waals surface area contributed by atoms with Crippen molar-refractivity contribution < 1.29 is 57.1 Å². The molecule has 0 fully saturated rings.